The fourth-order valence-corrected chi connectivity index (χ4v) is 4.54. The topological polar surface area (TPSA) is 105 Å². The summed E-state index contributed by atoms with van der Waals surface area (Å²) < 4.78 is 36.8. The molecule has 0 aliphatic heterocycles. The van der Waals surface area contributed by atoms with E-state index in [4.69, 9.17) is 9.47 Å². The minimum absolute atomic E-state index is 0.0628. The molecule has 0 fully saturated rings. The number of hydrogen-bond acceptors (Lipinski definition) is 6. The van der Waals surface area contributed by atoms with E-state index in [1.165, 1.54) is 12.0 Å². The Labute approximate surface area is 214 Å². The Hall–Kier alpha value is -3.27. The highest BCUT2D eigenvalue weighted by atomic mass is 32.2. The molecule has 0 saturated heterocycles. The average molecular weight is 520 g/mol. The van der Waals surface area contributed by atoms with Crippen LogP contribution in [0, 0.1) is 0 Å². The Bertz CT molecular complexity index is 1120. The third kappa shape index (κ3) is 7.87. The second kappa shape index (κ2) is 13.2. The van der Waals surface area contributed by atoms with Gasteiger partial charge in [-0.05, 0) is 61.7 Å². The van der Waals surface area contributed by atoms with Crippen molar-refractivity contribution in [3.05, 3.63) is 54.1 Å². The Morgan fingerprint density at radius 2 is 1.61 bits per heavy atom. The van der Waals surface area contributed by atoms with Crippen LogP contribution in [0.2, 0.25) is 0 Å². The molecule has 0 aliphatic rings. The molecule has 2 amide bonds. The van der Waals surface area contributed by atoms with Gasteiger partial charge in [0, 0.05) is 12.6 Å². The van der Waals surface area contributed by atoms with E-state index in [9.17, 15) is 18.0 Å². The van der Waals surface area contributed by atoms with Crippen molar-refractivity contribution in [2.45, 2.75) is 52.2 Å². The van der Waals surface area contributed by atoms with Gasteiger partial charge < -0.3 is 19.7 Å². The average Bonchev–Trinajstić information content (AvgIpc) is 2.86. The van der Waals surface area contributed by atoms with Crippen molar-refractivity contribution in [2.24, 2.45) is 0 Å². The van der Waals surface area contributed by atoms with E-state index >= 15 is 0 Å². The van der Waals surface area contributed by atoms with E-state index in [1.807, 2.05) is 26.8 Å². The number of nitrogens with zero attached hydrogens (tertiary/aromatic N) is 2. The van der Waals surface area contributed by atoms with Crippen molar-refractivity contribution >= 4 is 27.5 Å². The molecule has 2 aromatic carbocycles. The van der Waals surface area contributed by atoms with Crippen LogP contribution in [0.3, 0.4) is 0 Å². The molecule has 0 bridgehead atoms. The summed E-state index contributed by atoms with van der Waals surface area (Å²) in [6.07, 6.45) is 2.15. The van der Waals surface area contributed by atoms with Gasteiger partial charge in [0.05, 0.1) is 26.2 Å². The zero-order valence-electron chi connectivity index (χ0n) is 21.9. The van der Waals surface area contributed by atoms with E-state index in [1.54, 1.807) is 49.6 Å². The summed E-state index contributed by atoms with van der Waals surface area (Å²) in [6, 6.07) is 12.8. The molecule has 36 heavy (non-hydrogen) atoms. The Morgan fingerprint density at radius 3 is 2.14 bits per heavy atom. The van der Waals surface area contributed by atoms with Crippen LogP contribution in [-0.2, 0) is 26.2 Å². The first-order valence-electron chi connectivity index (χ1n) is 11.9. The summed E-state index contributed by atoms with van der Waals surface area (Å²) in [6.45, 7) is 5.34. The Balaban J connectivity index is 2.44. The van der Waals surface area contributed by atoms with Crippen LogP contribution in [0.5, 0.6) is 11.5 Å². The predicted octanol–water partition coefficient (Wildman–Crippen LogP) is 3.19. The smallest absolute Gasteiger partial charge is 0.244 e. The lowest BCUT2D eigenvalue weighted by molar-refractivity contribution is -0.140. The molecular formula is C26H37N3O6S. The summed E-state index contributed by atoms with van der Waals surface area (Å²) >= 11 is 0. The van der Waals surface area contributed by atoms with Gasteiger partial charge in [-0.25, -0.2) is 8.42 Å². The van der Waals surface area contributed by atoms with Gasteiger partial charge in [0.1, 0.15) is 24.1 Å². The number of benzene rings is 2. The SMILES string of the molecule is CC[C@@H](C)NC(=O)[C@@H](CC)N(Cc1cccc(OC)c1)C(=O)CN(c1ccc(OC)cc1)S(C)(=O)=O. The number of rotatable bonds is 13. The van der Waals surface area contributed by atoms with Gasteiger partial charge in [0.25, 0.3) is 0 Å². The van der Waals surface area contributed by atoms with Crippen LogP contribution in [0.1, 0.15) is 39.2 Å². The number of carbonyl (C=O) groups excluding carboxylic acids is 2. The molecule has 198 valence electrons. The van der Waals surface area contributed by atoms with Gasteiger partial charge in [-0.15, -0.1) is 0 Å². The number of nitrogens with one attached hydrogen (secondary N) is 1. The summed E-state index contributed by atoms with van der Waals surface area (Å²) in [4.78, 5) is 28.3. The Kier molecular flexibility index (Phi) is 10.6. The molecule has 0 aromatic heterocycles. The van der Waals surface area contributed by atoms with Crippen molar-refractivity contribution in [2.75, 3.05) is 31.3 Å². The molecule has 1 N–H and O–H groups in total. The Morgan fingerprint density at radius 1 is 0.972 bits per heavy atom. The van der Waals surface area contributed by atoms with Crippen molar-refractivity contribution in [1.29, 1.82) is 0 Å². The van der Waals surface area contributed by atoms with E-state index in [-0.39, 0.29) is 18.5 Å². The molecular weight excluding hydrogens is 482 g/mol. The number of methoxy groups -OCH3 is 2. The first kappa shape index (κ1) is 29.0. The summed E-state index contributed by atoms with van der Waals surface area (Å²) in [5.74, 6) is 0.405. The normalized spacial score (nSPS) is 12.8. The van der Waals surface area contributed by atoms with Gasteiger partial charge in [-0.3, -0.25) is 13.9 Å². The summed E-state index contributed by atoms with van der Waals surface area (Å²) in [5.41, 5.74) is 1.08. The molecule has 2 atom stereocenters. The number of hydrogen-bond donors (Lipinski definition) is 1. The lowest BCUT2D eigenvalue weighted by Gasteiger charge is -2.33. The van der Waals surface area contributed by atoms with Crippen molar-refractivity contribution in [1.82, 2.24) is 10.2 Å². The highest BCUT2D eigenvalue weighted by Crippen LogP contribution is 2.23. The highest BCUT2D eigenvalue weighted by molar-refractivity contribution is 7.92. The first-order valence-corrected chi connectivity index (χ1v) is 13.7. The van der Waals surface area contributed by atoms with Gasteiger partial charge in [0.2, 0.25) is 21.8 Å². The van der Waals surface area contributed by atoms with E-state index in [2.05, 4.69) is 5.32 Å². The standard InChI is InChI=1S/C26H37N3O6S/c1-7-19(3)27-26(31)24(8-2)28(17-20-10-9-11-23(16-20)35-5)25(30)18-29(36(6,32)33)21-12-14-22(34-4)15-13-21/h9-16,19,24H,7-8,17-18H2,1-6H3,(H,27,31)/t19-,24-/m1/s1. The molecule has 0 saturated carbocycles. The minimum Gasteiger partial charge on any atom is -0.497 e. The predicted molar refractivity (Wildman–Crippen MR) is 141 cm³/mol. The fraction of sp³-hybridized carbons (Fsp3) is 0.462. The number of anilines is 1. The summed E-state index contributed by atoms with van der Waals surface area (Å²) in [5, 5.41) is 2.95. The lowest BCUT2D eigenvalue weighted by Crippen LogP contribution is -2.53. The van der Waals surface area contributed by atoms with Gasteiger partial charge in [0.15, 0.2) is 0 Å². The molecule has 0 spiro atoms. The maximum absolute atomic E-state index is 13.7. The summed E-state index contributed by atoms with van der Waals surface area (Å²) in [7, 11) is -0.737. The van der Waals surface area contributed by atoms with Gasteiger partial charge in [-0.1, -0.05) is 26.0 Å². The second-order valence-corrected chi connectivity index (χ2v) is 10.5. The van der Waals surface area contributed by atoms with Crippen LogP contribution in [0.25, 0.3) is 0 Å². The maximum Gasteiger partial charge on any atom is 0.244 e. The third-order valence-corrected chi connectivity index (χ3v) is 7.05. The van der Waals surface area contributed by atoms with Crippen LogP contribution in [0.4, 0.5) is 5.69 Å². The second-order valence-electron chi connectivity index (χ2n) is 8.58. The maximum atomic E-state index is 13.7. The zero-order valence-corrected chi connectivity index (χ0v) is 22.7. The largest absolute Gasteiger partial charge is 0.497 e. The monoisotopic (exact) mass is 519 g/mol. The highest BCUT2D eigenvalue weighted by Gasteiger charge is 2.32. The van der Waals surface area contributed by atoms with Crippen molar-refractivity contribution in [3.8, 4) is 11.5 Å². The molecule has 0 heterocycles. The molecule has 9 nitrogen and oxygen atoms in total. The molecule has 10 heteroatoms. The quantitative estimate of drug-likeness (QED) is 0.436. The number of ether oxygens (including phenoxy) is 2. The van der Waals surface area contributed by atoms with Gasteiger partial charge in [-0.2, -0.15) is 0 Å². The fourth-order valence-electron chi connectivity index (χ4n) is 3.69. The third-order valence-electron chi connectivity index (χ3n) is 5.91. The number of amides is 2. The van der Waals surface area contributed by atoms with Crippen molar-refractivity contribution < 1.29 is 27.5 Å². The van der Waals surface area contributed by atoms with Crippen LogP contribution >= 0.6 is 0 Å². The molecule has 2 aromatic rings. The molecule has 0 unspecified atom stereocenters. The molecule has 0 aliphatic carbocycles. The van der Waals surface area contributed by atoms with Crippen LogP contribution in [0.15, 0.2) is 48.5 Å². The number of carbonyl (C=O) groups is 2. The number of sulfonamides is 1. The van der Waals surface area contributed by atoms with E-state index < -0.39 is 28.5 Å². The van der Waals surface area contributed by atoms with Crippen LogP contribution < -0.4 is 19.1 Å². The van der Waals surface area contributed by atoms with E-state index in [0.717, 1.165) is 22.5 Å². The molecule has 0 radical (unpaired) electrons. The van der Waals surface area contributed by atoms with Gasteiger partial charge >= 0.3 is 0 Å². The first-order chi connectivity index (χ1) is 17.0. The molecule has 2 rings (SSSR count). The van der Waals surface area contributed by atoms with Crippen molar-refractivity contribution in [3.63, 3.8) is 0 Å². The van der Waals surface area contributed by atoms with Crippen LogP contribution in [-0.4, -0.2) is 64.2 Å². The minimum atomic E-state index is -3.80. The lowest BCUT2D eigenvalue weighted by atomic mass is 10.1. The van der Waals surface area contributed by atoms with E-state index in [0.29, 0.717) is 23.6 Å². The zero-order chi connectivity index (χ0) is 26.9.